The molecule has 0 saturated carbocycles. The summed E-state index contributed by atoms with van der Waals surface area (Å²) in [5, 5.41) is -1.31. The highest BCUT2D eigenvalue weighted by Gasteiger charge is 2.27. The van der Waals surface area contributed by atoms with Crippen LogP contribution in [0, 0.1) is 0 Å². The molecule has 0 amide bonds. The molecule has 0 saturated heterocycles. The van der Waals surface area contributed by atoms with Crippen molar-refractivity contribution in [1.29, 1.82) is 0 Å². The Kier molecular flexibility index (Phi) is 8.46. The van der Waals surface area contributed by atoms with Crippen LogP contribution in [0.4, 0.5) is 13.2 Å². The molecule has 0 bridgehead atoms. The van der Waals surface area contributed by atoms with Gasteiger partial charge in [0, 0.05) is 11.1 Å². The molecule has 0 unspecified atom stereocenters. The van der Waals surface area contributed by atoms with Gasteiger partial charge in [-0.3, -0.25) is 0 Å². The molecule has 0 heterocycles. The molecule has 0 fully saturated rings. The van der Waals surface area contributed by atoms with Crippen LogP contribution in [0.25, 0.3) is 5.57 Å². The zero-order valence-corrected chi connectivity index (χ0v) is 21.6. The van der Waals surface area contributed by atoms with Gasteiger partial charge in [0.15, 0.2) is 0 Å². The van der Waals surface area contributed by atoms with Crippen molar-refractivity contribution < 1.29 is 26.3 Å². The van der Waals surface area contributed by atoms with E-state index in [0.29, 0.717) is 11.1 Å². The van der Waals surface area contributed by atoms with Crippen LogP contribution in [-0.4, -0.2) is 21.5 Å². The lowest BCUT2D eigenvalue weighted by Crippen LogP contribution is -2.20. The number of hydrogen-bond donors (Lipinski definition) is 0. The lowest BCUT2D eigenvalue weighted by Gasteiger charge is -2.29. The highest BCUT2D eigenvalue weighted by Crippen LogP contribution is 2.41. The van der Waals surface area contributed by atoms with Crippen LogP contribution < -0.4 is 4.74 Å². The third-order valence-electron chi connectivity index (χ3n) is 5.32. The maximum absolute atomic E-state index is 14.7. The van der Waals surface area contributed by atoms with E-state index in [1.54, 1.807) is 13.0 Å². The number of allylic oxidation sites excluding steroid dienone is 3. The first-order chi connectivity index (χ1) is 15.5. The van der Waals surface area contributed by atoms with Crippen molar-refractivity contribution in [2.45, 2.75) is 70.6 Å². The van der Waals surface area contributed by atoms with Gasteiger partial charge >= 0.3 is 0 Å². The fraction of sp³-hybridized carbons (Fsp3) is 0.407. The molecular formula is C27H33F3O3S. The Morgan fingerprint density at radius 2 is 1.56 bits per heavy atom. The smallest absolute Gasteiger partial charge is 0.272 e. The van der Waals surface area contributed by atoms with Crippen LogP contribution in [0.1, 0.15) is 65.2 Å². The van der Waals surface area contributed by atoms with Gasteiger partial charge in [0.2, 0.25) is 15.0 Å². The largest absolute Gasteiger partial charge is 0.487 e. The van der Waals surface area contributed by atoms with Gasteiger partial charge in [-0.2, -0.15) is 4.39 Å². The van der Waals surface area contributed by atoms with E-state index in [0.717, 1.165) is 17.2 Å². The highest BCUT2D eigenvalue weighted by atomic mass is 32.2. The van der Waals surface area contributed by atoms with Crippen LogP contribution in [0.3, 0.4) is 0 Å². The minimum absolute atomic E-state index is 0.152. The molecule has 34 heavy (non-hydrogen) atoms. The fourth-order valence-corrected chi connectivity index (χ4v) is 4.28. The molecule has 0 aliphatic heterocycles. The van der Waals surface area contributed by atoms with Crippen molar-refractivity contribution in [3.8, 4) is 5.75 Å². The van der Waals surface area contributed by atoms with E-state index in [-0.39, 0.29) is 16.1 Å². The average Bonchev–Trinajstić information content (AvgIpc) is 2.74. The molecule has 0 aromatic heterocycles. The van der Waals surface area contributed by atoms with Crippen molar-refractivity contribution in [3.05, 3.63) is 76.5 Å². The second-order valence-electron chi connectivity index (χ2n) is 10.2. The molecule has 3 nitrogen and oxygen atoms in total. The summed E-state index contributed by atoms with van der Waals surface area (Å²) < 4.78 is 71.4. The van der Waals surface area contributed by atoms with Gasteiger partial charge in [-0.05, 0) is 53.2 Å². The summed E-state index contributed by atoms with van der Waals surface area (Å²) in [7, 11) is -4.29. The summed E-state index contributed by atoms with van der Waals surface area (Å²) in [6.07, 6.45) is -0.449. The molecule has 2 rings (SSSR count). The van der Waals surface area contributed by atoms with E-state index >= 15 is 0 Å². The standard InChI is InChI=1S/C27H33F3O3S/c1-18(13-14-24(30)34(31,32)20-11-9-8-10-12-20)21-15-19(26(2,3)4)16-22(27(5,6)7)25(21)33-17-23(28)29/h8-16,23H,17H2,1-7H3/b18-13+,24-14+. The Morgan fingerprint density at radius 1 is 0.971 bits per heavy atom. The van der Waals surface area contributed by atoms with E-state index < -0.39 is 33.4 Å². The summed E-state index contributed by atoms with van der Waals surface area (Å²) in [5.74, 6) is 0.286. The van der Waals surface area contributed by atoms with Crippen molar-refractivity contribution in [2.24, 2.45) is 0 Å². The molecule has 0 atom stereocenters. The fourth-order valence-electron chi connectivity index (χ4n) is 3.30. The predicted molar refractivity (Wildman–Crippen MR) is 132 cm³/mol. The maximum atomic E-state index is 14.7. The predicted octanol–water partition coefficient (Wildman–Crippen LogP) is 7.61. The Hall–Kier alpha value is -2.54. The quantitative estimate of drug-likeness (QED) is 0.372. The molecule has 0 radical (unpaired) electrons. The van der Waals surface area contributed by atoms with Gasteiger partial charge in [-0.1, -0.05) is 71.9 Å². The van der Waals surface area contributed by atoms with Crippen molar-refractivity contribution in [3.63, 3.8) is 0 Å². The monoisotopic (exact) mass is 494 g/mol. The summed E-state index contributed by atoms with van der Waals surface area (Å²) in [6.45, 7) is 12.8. The van der Waals surface area contributed by atoms with Gasteiger partial charge in [0.1, 0.15) is 12.4 Å². The van der Waals surface area contributed by atoms with Crippen LogP contribution in [0.2, 0.25) is 0 Å². The van der Waals surface area contributed by atoms with E-state index in [1.807, 2.05) is 53.7 Å². The van der Waals surface area contributed by atoms with Gasteiger partial charge < -0.3 is 4.74 Å². The lowest BCUT2D eigenvalue weighted by molar-refractivity contribution is 0.0807. The van der Waals surface area contributed by atoms with Crippen molar-refractivity contribution >= 4 is 15.4 Å². The molecule has 0 spiro atoms. The molecule has 2 aromatic carbocycles. The molecular weight excluding hydrogens is 461 g/mol. The minimum atomic E-state index is -4.29. The van der Waals surface area contributed by atoms with Crippen LogP contribution in [-0.2, 0) is 20.7 Å². The van der Waals surface area contributed by atoms with Gasteiger partial charge in [-0.25, -0.2) is 17.2 Å². The van der Waals surface area contributed by atoms with Gasteiger partial charge in [0.05, 0.1) is 4.90 Å². The topological polar surface area (TPSA) is 43.4 Å². The molecule has 0 aliphatic carbocycles. The second kappa shape index (κ2) is 10.4. The van der Waals surface area contributed by atoms with Gasteiger partial charge in [-0.15, -0.1) is 0 Å². The Morgan fingerprint density at radius 3 is 2.06 bits per heavy atom. The zero-order chi connectivity index (χ0) is 25.9. The van der Waals surface area contributed by atoms with Crippen LogP contribution in [0.5, 0.6) is 5.75 Å². The Labute approximate surface area is 201 Å². The highest BCUT2D eigenvalue weighted by molar-refractivity contribution is 7.95. The average molecular weight is 495 g/mol. The second-order valence-corrected chi connectivity index (χ2v) is 12.1. The molecule has 7 heteroatoms. The normalized spacial score (nSPS) is 14.0. The summed E-state index contributed by atoms with van der Waals surface area (Å²) >= 11 is 0. The number of ether oxygens (including phenoxy) is 1. The molecule has 0 N–H and O–H groups in total. The van der Waals surface area contributed by atoms with E-state index in [1.165, 1.54) is 30.3 Å². The number of benzene rings is 2. The summed E-state index contributed by atoms with van der Waals surface area (Å²) in [4.78, 5) is -0.152. The number of halogens is 3. The zero-order valence-electron chi connectivity index (χ0n) is 20.7. The van der Waals surface area contributed by atoms with Crippen LogP contribution in [0.15, 0.2) is 64.7 Å². The maximum Gasteiger partial charge on any atom is 0.272 e. The lowest BCUT2D eigenvalue weighted by atomic mass is 9.78. The first-order valence-electron chi connectivity index (χ1n) is 11.0. The Balaban J connectivity index is 2.68. The number of sulfone groups is 1. The summed E-state index contributed by atoms with van der Waals surface area (Å²) in [5.41, 5.74) is 2.01. The minimum Gasteiger partial charge on any atom is -0.487 e. The SMILES string of the molecule is C/C(=C\C=C(/F)S(=O)(=O)c1ccccc1)c1cc(C(C)(C)C)cc(C(C)(C)C)c1OCC(F)F. The van der Waals surface area contributed by atoms with Crippen molar-refractivity contribution in [2.75, 3.05) is 6.61 Å². The van der Waals surface area contributed by atoms with Gasteiger partial charge in [0.25, 0.3) is 6.43 Å². The van der Waals surface area contributed by atoms with E-state index in [4.69, 9.17) is 4.74 Å². The first-order valence-corrected chi connectivity index (χ1v) is 12.5. The Bertz CT molecular complexity index is 1170. The number of alkyl halides is 2. The van der Waals surface area contributed by atoms with E-state index in [9.17, 15) is 21.6 Å². The molecule has 186 valence electrons. The third-order valence-corrected chi connectivity index (χ3v) is 6.86. The molecule has 2 aromatic rings. The number of hydrogen-bond acceptors (Lipinski definition) is 3. The molecule has 0 aliphatic rings. The van der Waals surface area contributed by atoms with E-state index in [2.05, 4.69) is 0 Å². The van der Waals surface area contributed by atoms with Crippen LogP contribution >= 0.6 is 0 Å². The number of rotatable bonds is 7. The van der Waals surface area contributed by atoms with Crippen molar-refractivity contribution in [1.82, 2.24) is 0 Å². The summed E-state index contributed by atoms with van der Waals surface area (Å²) in [6, 6.07) is 11.1. The first kappa shape index (κ1) is 27.7. The third kappa shape index (κ3) is 6.75.